The van der Waals surface area contributed by atoms with Crippen molar-refractivity contribution in [1.82, 2.24) is 0 Å². The third kappa shape index (κ3) is 3.62. The molecule has 14 heteroatoms. The highest BCUT2D eigenvalue weighted by atomic mass is 19.4. The summed E-state index contributed by atoms with van der Waals surface area (Å²) < 4.78 is 143. The fourth-order valence-electron chi connectivity index (χ4n) is 0.519. The first-order valence-corrected chi connectivity index (χ1v) is 3.80. The highest BCUT2D eigenvalue weighted by molar-refractivity contribution is 6.66. The zero-order chi connectivity index (χ0) is 15.9. The second kappa shape index (κ2) is 4.70. The van der Waals surface area contributed by atoms with Crippen molar-refractivity contribution in [3.8, 4) is 0 Å². The van der Waals surface area contributed by atoms with Crippen molar-refractivity contribution < 1.29 is 57.2 Å². The van der Waals surface area contributed by atoms with Gasteiger partial charge in [-0.05, 0) is 0 Å². The Hall–Kier alpha value is -1.24. The molecule has 1 nitrogen and oxygen atoms in total. The van der Waals surface area contributed by atoms with Crippen LogP contribution in [-0.4, -0.2) is 25.2 Å². The van der Waals surface area contributed by atoms with Gasteiger partial charge >= 0.3 is 25.2 Å². The van der Waals surface area contributed by atoms with Crippen LogP contribution in [0.25, 0.3) is 0 Å². The molecule has 0 aliphatic carbocycles. The molecule has 0 aliphatic heterocycles. The number of ether oxygens (including phenoxy) is 1. The van der Waals surface area contributed by atoms with Gasteiger partial charge in [0, 0.05) is 0 Å². The van der Waals surface area contributed by atoms with Crippen molar-refractivity contribution in [3.63, 3.8) is 0 Å². The lowest BCUT2D eigenvalue weighted by Gasteiger charge is -2.27. The number of hydrogen-bond donors (Lipinski definition) is 0. The molecular formula is C5BF12O-. The molecule has 0 amide bonds. The van der Waals surface area contributed by atoms with E-state index in [0.29, 0.717) is 0 Å². The van der Waals surface area contributed by atoms with Crippen molar-refractivity contribution >= 4 is 6.98 Å². The third-order valence-corrected chi connectivity index (χ3v) is 1.41. The van der Waals surface area contributed by atoms with E-state index in [-0.39, 0.29) is 0 Å². The molecule has 0 rings (SSSR count). The van der Waals surface area contributed by atoms with E-state index >= 15 is 0 Å². The quantitative estimate of drug-likeness (QED) is 0.427. The van der Waals surface area contributed by atoms with E-state index in [1.54, 1.807) is 0 Å². The topological polar surface area (TPSA) is 9.23 Å². The fourth-order valence-corrected chi connectivity index (χ4v) is 0.519. The van der Waals surface area contributed by atoms with Crippen LogP contribution in [0.5, 0.6) is 0 Å². The molecule has 114 valence electrons. The minimum absolute atomic E-state index is 1.85. The van der Waals surface area contributed by atoms with Gasteiger partial charge in [0.1, 0.15) is 5.73 Å². The molecule has 0 aromatic rings. The van der Waals surface area contributed by atoms with E-state index in [0.717, 1.165) is 0 Å². The monoisotopic (exact) mass is 315 g/mol. The highest BCUT2D eigenvalue weighted by Crippen LogP contribution is 2.48. The van der Waals surface area contributed by atoms with E-state index in [4.69, 9.17) is 0 Å². The predicted molar refractivity (Wildman–Crippen MR) is 35.4 cm³/mol. The molecule has 0 fully saturated rings. The van der Waals surface area contributed by atoms with Crippen molar-refractivity contribution in [1.29, 1.82) is 0 Å². The van der Waals surface area contributed by atoms with E-state index < -0.39 is 36.9 Å². The van der Waals surface area contributed by atoms with Gasteiger partial charge < -0.3 is 17.7 Å². The number of halogens is 12. The maximum absolute atomic E-state index is 12.2. The Labute approximate surface area is 95.4 Å². The Morgan fingerprint density at radius 3 is 1.42 bits per heavy atom. The van der Waals surface area contributed by atoms with Crippen LogP contribution in [0.2, 0.25) is 0 Å². The summed E-state index contributed by atoms with van der Waals surface area (Å²) in [7, 11) is 0. The predicted octanol–water partition coefficient (Wildman–Crippen LogP) is 4.29. The smallest absolute Gasteiger partial charge is 0.443 e. The summed E-state index contributed by atoms with van der Waals surface area (Å²) in [4.78, 5) is 0. The van der Waals surface area contributed by atoms with Crippen LogP contribution in [-0.2, 0) is 4.74 Å². The van der Waals surface area contributed by atoms with Gasteiger partial charge in [-0.3, -0.25) is 0 Å². The minimum Gasteiger partial charge on any atom is -0.443 e. The van der Waals surface area contributed by atoms with Crippen LogP contribution in [0.4, 0.5) is 52.5 Å². The fraction of sp³-hybridized carbons (Fsp3) is 0.600. The van der Waals surface area contributed by atoms with Gasteiger partial charge in [-0.1, -0.05) is 0 Å². The zero-order valence-electron chi connectivity index (χ0n) is 8.02. The van der Waals surface area contributed by atoms with Crippen LogP contribution in [0, 0.1) is 0 Å². The highest BCUT2D eigenvalue weighted by Gasteiger charge is 2.76. The first-order valence-electron chi connectivity index (χ1n) is 3.80. The summed E-state index contributed by atoms with van der Waals surface area (Å²) in [6.45, 7) is -6.89. The average Bonchev–Trinajstić information content (AvgIpc) is 2.12. The van der Waals surface area contributed by atoms with Crippen LogP contribution in [0.3, 0.4) is 0 Å². The Morgan fingerprint density at radius 2 is 1.16 bits per heavy atom. The Bertz CT molecular complexity index is 363. The number of hydrogen-bond acceptors (Lipinski definition) is 1. The molecule has 0 saturated carbocycles. The summed E-state index contributed by atoms with van der Waals surface area (Å²) in [5.74, 6) is -7.03. The molecule has 0 aliphatic rings. The summed E-state index contributed by atoms with van der Waals surface area (Å²) >= 11 is 0. The first-order chi connectivity index (χ1) is 8.04. The molecule has 0 spiro atoms. The molecule has 0 heterocycles. The zero-order valence-corrected chi connectivity index (χ0v) is 8.02. The Kier molecular flexibility index (Phi) is 4.40. The molecule has 0 unspecified atom stereocenters. The SMILES string of the molecule is F/C(OC(F)(F)C(F)(F)C(F)(F)F)=C(/F)[B-](F)(F)F. The summed E-state index contributed by atoms with van der Waals surface area (Å²) in [6, 6.07) is -3.93. The summed E-state index contributed by atoms with van der Waals surface area (Å²) in [5, 5.41) is 0. The van der Waals surface area contributed by atoms with Gasteiger partial charge in [0.05, 0.1) is 0 Å². The molecular weight excluding hydrogens is 315 g/mol. The van der Waals surface area contributed by atoms with Crippen LogP contribution in [0.1, 0.15) is 0 Å². The minimum atomic E-state index is -7.03. The summed E-state index contributed by atoms with van der Waals surface area (Å²) in [5.41, 5.74) is -3.96. The van der Waals surface area contributed by atoms with E-state index in [1.807, 2.05) is 4.74 Å². The van der Waals surface area contributed by atoms with E-state index in [2.05, 4.69) is 0 Å². The maximum atomic E-state index is 12.2. The van der Waals surface area contributed by atoms with Crippen molar-refractivity contribution in [2.75, 3.05) is 0 Å². The molecule has 19 heavy (non-hydrogen) atoms. The second-order valence-electron chi connectivity index (χ2n) is 2.89. The largest absolute Gasteiger partial charge is 0.543 e. The third-order valence-electron chi connectivity index (χ3n) is 1.41. The Balaban J connectivity index is 5.41. The van der Waals surface area contributed by atoms with Gasteiger partial charge in [-0.2, -0.15) is 35.1 Å². The van der Waals surface area contributed by atoms with Gasteiger partial charge in [-0.25, -0.2) is 4.39 Å². The second-order valence-corrected chi connectivity index (χ2v) is 2.89. The lowest BCUT2D eigenvalue weighted by molar-refractivity contribution is -0.419. The van der Waals surface area contributed by atoms with Crippen molar-refractivity contribution in [2.45, 2.75) is 18.2 Å². The van der Waals surface area contributed by atoms with Gasteiger partial charge in [0.25, 0.3) is 6.01 Å². The first kappa shape index (κ1) is 17.8. The van der Waals surface area contributed by atoms with E-state index in [9.17, 15) is 52.5 Å². The van der Waals surface area contributed by atoms with Crippen LogP contribution >= 0.6 is 0 Å². The van der Waals surface area contributed by atoms with E-state index in [1.165, 1.54) is 0 Å². The lowest BCUT2D eigenvalue weighted by atomic mass is 9.90. The van der Waals surface area contributed by atoms with Gasteiger partial charge in [0.2, 0.25) is 0 Å². The van der Waals surface area contributed by atoms with Crippen molar-refractivity contribution in [3.05, 3.63) is 11.7 Å². The summed E-state index contributed by atoms with van der Waals surface area (Å²) in [6.07, 6.45) is -13.7. The van der Waals surface area contributed by atoms with Gasteiger partial charge in [-0.15, -0.1) is 0 Å². The molecule has 0 N–H and O–H groups in total. The van der Waals surface area contributed by atoms with Crippen LogP contribution in [0.15, 0.2) is 11.7 Å². The standard InChI is InChI=1S/C5BF12O/c7-1(6(16,17)18)2(8)19-5(14,15)3(9,10)4(11,12)13/q-1/b2-1-. The van der Waals surface area contributed by atoms with Crippen LogP contribution < -0.4 is 0 Å². The Morgan fingerprint density at radius 1 is 0.789 bits per heavy atom. The molecule has 0 atom stereocenters. The average molecular weight is 315 g/mol. The number of rotatable bonds is 4. The lowest BCUT2D eigenvalue weighted by Crippen LogP contribution is -2.53. The molecule has 0 saturated heterocycles. The molecule has 0 radical (unpaired) electrons. The van der Waals surface area contributed by atoms with Crippen molar-refractivity contribution in [2.24, 2.45) is 0 Å². The molecule has 0 bridgehead atoms. The number of alkyl halides is 7. The normalized spacial score (nSPS) is 16.2. The van der Waals surface area contributed by atoms with Gasteiger partial charge in [0.15, 0.2) is 0 Å². The molecule has 0 aromatic heterocycles. The maximum Gasteiger partial charge on any atom is 0.543 e. The molecule has 0 aromatic carbocycles.